The molecule has 0 radical (unpaired) electrons. The molecule has 1 heterocycles. The normalized spacial score (nSPS) is 12.6. The molecule has 0 bridgehead atoms. The summed E-state index contributed by atoms with van der Waals surface area (Å²) in [6.07, 6.45) is 3.17. The lowest BCUT2D eigenvalue weighted by molar-refractivity contribution is -0.115. The fourth-order valence-corrected chi connectivity index (χ4v) is 5.47. The van der Waals surface area contributed by atoms with Crippen LogP contribution in [0.1, 0.15) is 0 Å². The van der Waals surface area contributed by atoms with Crippen LogP contribution < -0.4 is 4.80 Å². The van der Waals surface area contributed by atoms with Gasteiger partial charge in [-0.25, -0.2) is 12.8 Å². The first-order valence-corrected chi connectivity index (χ1v) is 13.6. The molecule has 0 aliphatic rings. The summed E-state index contributed by atoms with van der Waals surface area (Å²) in [5, 5.41) is 0. The van der Waals surface area contributed by atoms with E-state index in [1.807, 2.05) is 10.8 Å². The van der Waals surface area contributed by atoms with Crippen LogP contribution in [0, 0.1) is 5.82 Å². The molecule has 154 valence electrons. The summed E-state index contributed by atoms with van der Waals surface area (Å²) in [6, 6.07) is 10.9. The van der Waals surface area contributed by atoms with Gasteiger partial charge in [-0.2, -0.15) is 16.8 Å². The van der Waals surface area contributed by atoms with Gasteiger partial charge in [-0.15, -0.1) is 11.8 Å². The molecular weight excluding hydrogens is 451 g/mol. The molecular formula is C19H19FN2O3S4. The number of fused-ring (bicyclic) bond motifs is 1. The van der Waals surface area contributed by atoms with Gasteiger partial charge >= 0.3 is 0 Å². The number of aromatic nitrogens is 1. The van der Waals surface area contributed by atoms with E-state index in [1.165, 1.54) is 41.5 Å². The monoisotopic (exact) mass is 470 g/mol. The largest absolute Gasteiger partial charge is 0.316 e. The van der Waals surface area contributed by atoms with Crippen molar-refractivity contribution >= 4 is 60.8 Å². The predicted octanol–water partition coefficient (Wildman–Crippen LogP) is 3.83. The van der Waals surface area contributed by atoms with E-state index in [2.05, 4.69) is 4.99 Å². The number of nitrogens with zero attached hydrogens (tertiary/aromatic N) is 2. The van der Waals surface area contributed by atoms with Crippen LogP contribution in [-0.2, 0) is 21.2 Å². The van der Waals surface area contributed by atoms with Crippen molar-refractivity contribution < 1.29 is 17.6 Å². The lowest BCUT2D eigenvalue weighted by Gasteiger charge is -2.04. The number of thioether (sulfide) groups is 2. The van der Waals surface area contributed by atoms with E-state index in [1.54, 1.807) is 42.1 Å². The summed E-state index contributed by atoms with van der Waals surface area (Å²) in [5.74, 6) is 0.355. The number of sulfone groups is 1. The number of hydrogen-bond acceptors (Lipinski definition) is 6. The summed E-state index contributed by atoms with van der Waals surface area (Å²) < 4.78 is 39.4. The molecule has 0 atom stereocenters. The van der Waals surface area contributed by atoms with E-state index in [9.17, 15) is 17.6 Å². The van der Waals surface area contributed by atoms with E-state index >= 15 is 0 Å². The first-order valence-electron chi connectivity index (χ1n) is 8.56. The van der Waals surface area contributed by atoms with Gasteiger partial charge in [0.05, 0.1) is 20.9 Å². The van der Waals surface area contributed by atoms with Gasteiger partial charge in [-0.05, 0) is 48.7 Å². The van der Waals surface area contributed by atoms with Gasteiger partial charge in [0.25, 0.3) is 5.91 Å². The van der Waals surface area contributed by atoms with Crippen molar-refractivity contribution in [2.24, 2.45) is 4.99 Å². The first kappa shape index (κ1) is 22.1. The fraction of sp³-hybridized carbons (Fsp3) is 0.263. The van der Waals surface area contributed by atoms with Gasteiger partial charge in [-0.1, -0.05) is 11.3 Å². The second-order valence-corrected chi connectivity index (χ2v) is 11.2. The van der Waals surface area contributed by atoms with Crippen molar-refractivity contribution in [3.63, 3.8) is 0 Å². The molecule has 0 N–H and O–H groups in total. The molecule has 1 aromatic heterocycles. The molecule has 1 amide bonds. The van der Waals surface area contributed by atoms with Crippen LogP contribution in [0.3, 0.4) is 0 Å². The number of halogens is 1. The third kappa shape index (κ3) is 5.71. The third-order valence-electron chi connectivity index (χ3n) is 4.00. The number of carbonyl (C=O) groups is 1. The van der Waals surface area contributed by atoms with Crippen LogP contribution in [0.15, 0.2) is 57.2 Å². The summed E-state index contributed by atoms with van der Waals surface area (Å²) in [7, 11) is -3.31. The summed E-state index contributed by atoms with van der Waals surface area (Å²) >= 11 is 4.27. The smallest absolute Gasteiger partial charge is 0.258 e. The molecule has 10 heteroatoms. The number of thiazole rings is 1. The fourth-order valence-electron chi connectivity index (χ4n) is 2.58. The van der Waals surface area contributed by atoms with Crippen LogP contribution in [0.5, 0.6) is 0 Å². The number of rotatable bonds is 7. The zero-order chi connectivity index (χ0) is 21.0. The van der Waals surface area contributed by atoms with E-state index < -0.39 is 9.84 Å². The Balaban J connectivity index is 1.92. The molecule has 5 nitrogen and oxygen atoms in total. The standard InChI is InChI=1S/C19H19FN2O3S4/c1-26-10-9-22-16-8-7-15(29(2,24)25)11-17(16)28-19(22)21-18(23)12-27-14-5-3-13(20)4-6-14/h3-8,11H,9-10,12H2,1-2H3. The number of benzene rings is 2. The Morgan fingerprint density at radius 3 is 2.59 bits per heavy atom. The van der Waals surface area contributed by atoms with Gasteiger partial charge in [0.1, 0.15) is 5.82 Å². The number of aryl methyl sites for hydroxylation is 1. The molecule has 0 aliphatic heterocycles. The van der Waals surface area contributed by atoms with Gasteiger partial charge in [0.2, 0.25) is 0 Å². The topological polar surface area (TPSA) is 68.5 Å². The van der Waals surface area contributed by atoms with E-state index in [-0.39, 0.29) is 22.4 Å². The quantitative estimate of drug-likeness (QED) is 0.491. The van der Waals surface area contributed by atoms with Gasteiger partial charge in [0, 0.05) is 23.4 Å². The zero-order valence-electron chi connectivity index (χ0n) is 15.8. The molecule has 0 spiro atoms. The SMILES string of the molecule is CSCCn1c(=NC(=O)CSc2ccc(F)cc2)sc2cc(S(C)(=O)=O)ccc21. The van der Waals surface area contributed by atoms with Gasteiger partial charge in [0.15, 0.2) is 14.6 Å². The van der Waals surface area contributed by atoms with Crippen LogP contribution in [-0.4, -0.2) is 42.9 Å². The van der Waals surface area contributed by atoms with E-state index in [0.717, 1.165) is 20.9 Å². The molecule has 29 heavy (non-hydrogen) atoms. The highest BCUT2D eigenvalue weighted by molar-refractivity contribution is 8.00. The Morgan fingerprint density at radius 2 is 1.93 bits per heavy atom. The van der Waals surface area contributed by atoms with Crippen LogP contribution in [0.25, 0.3) is 10.2 Å². The Labute approximate surface area is 181 Å². The highest BCUT2D eigenvalue weighted by atomic mass is 32.2. The van der Waals surface area contributed by atoms with Crippen LogP contribution in [0.4, 0.5) is 4.39 Å². The molecule has 0 saturated heterocycles. The Kier molecular flexibility index (Phi) is 7.20. The molecule has 3 aromatic rings. The van der Waals surface area contributed by atoms with Crippen molar-refractivity contribution in [2.45, 2.75) is 16.3 Å². The molecule has 0 saturated carbocycles. The highest BCUT2D eigenvalue weighted by Gasteiger charge is 2.13. The minimum atomic E-state index is -3.31. The van der Waals surface area contributed by atoms with E-state index in [0.29, 0.717) is 11.3 Å². The Morgan fingerprint density at radius 1 is 1.21 bits per heavy atom. The van der Waals surface area contributed by atoms with Crippen LogP contribution >= 0.6 is 34.9 Å². The lowest BCUT2D eigenvalue weighted by atomic mass is 10.3. The Hall–Kier alpha value is -1.62. The van der Waals surface area contributed by atoms with Crippen LogP contribution in [0.2, 0.25) is 0 Å². The average Bonchev–Trinajstić information content (AvgIpc) is 3.01. The summed E-state index contributed by atoms with van der Waals surface area (Å²) in [6.45, 7) is 0.663. The maximum atomic E-state index is 13.0. The maximum absolute atomic E-state index is 13.0. The van der Waals surface area contributed by atoms with Crippen molar-refractivity contribution in [1.82, 2.24) is 4.57 Å². The van der Waals surface area contributed by atoms with Crippen molar-refractivity contribution in [1.29, 1.82) is 0 Å². The van der Waals surface area contributed by atoms with E-state index in [4.69, 9.17) is 0 Å². The molecule has 0 aliphatic carbocycles. The van der Waals surface area contributed by atoms with Gasteiger partial charge in [-0.3, -0.25) is 4.79 Å². The van der Waals surface area contributed by atoms with Crippen molar-refractivity contribution in [3.05, 3.63) is 53.1 Å². The minimum Gasteiger partial charge on any atom is -0.316 e. The number of hydrogen-bond donors (Lipinski definition) is 0. The third-order valence-corrected chi connectivity index (χ3v) is 7.74. The maximum Gasteiger partial charge on any atom is 0.258 e. The Bertz CT molecular complexity index is 1200. The molecule has 0 unspecified atom stereocenters. The van der Waals surface area contributed by atoms with Gasteiger partial charge < -0.3 is 4.57 Å². The molecule has 0 fully saturated rings. The first-order chi connectivity index (χ1) is 13.8. The second-order valence-electron chi connectivity index (χ2n) is 6.18. The zero-order valence-corrected chi connectivity index (χ0v) is 19.1. The van der Waals surface area contributed by atoms with Crippen molar-refractivity contribution in [2.75, 3.05) is 24.0 Å². The second kappa shape index (κ2) is 9.46. The highest BCUT2D eigenvalue weighted by Crippen LogP contribution is 2.23. The average molecular weight is 471 g/mol. The number of amides is 1. The summed E-state index contributed by atoms with van der Waals surface area (Å²) in [4.78, 5) is 18.3. The molecule has 3 rings (SSSR count). The lowest BCUT2D eigenvalue weighted by Crippen LogP contribution is -2.18. The predicted molar refractivity (Wildman–Crippen MR) is 119 cm³/mol. The van der Waals surface area contributed by atoms with Crippen molar-refractivity contribution in [3.8, 4) is 0 Å². The minimum absolute atomic E-state index is 0.136. The molecule has 2 aromatic carbocycles. The number of carbonyl (C=O) groups excluding carboxylic acids is 1. The summed E-state index contributed by atoms with van der Waals surface area (Å²) in [5.41, 5.74) is 0.856.